The number of hydrogen-bond donors (Lipinski definition) is 0. The van der Waals surface area contributed by atoms with E-state index in [1.165, 1.54) is 32.1 Å². The van der Waals surface area contributed by atoms with Gasteiger partial charge in [0, 0.05) is 12.8 Å². The summed E-state index contributed by atoms with van der Waals surface area (Å²) in [6.07, 6.45) is 6.03. The van der Waals surface area contributed by atoms with Crippen LogP contribution in [0.2, 0.25) is 0 Å². The number of nitrogens with zero attached hydrogens (tertiary/aromatic N) is 1. The Kier molecular flexibility index (Phi) is 1.46. The van der Waals surface area contributed by atoms with Gasteiger partial charge in [0.2, 0.25) is 0 Å². The first-order valence-corrected chi connectivity index (χ1v) is 4.39. The average molecular weight is 141 g/mol. The van der Waals surface area contributed by atoms with Crippen LogP contribution in [-0.2, 0) is 0 Å². The quantitative estimate of drug-likeness (QED) is 0.402. The van der Waals surface area contributed by atoms with Crippen LogP contribution < -0.4 is 0 Å². The summed E-state index contributed by atoms with van der Waals surface area (Å²) < 4.78 is 0.167. The molecule has 0 bridgehead atoms. The molecule has 0 atom stereocenters. The Hall–Kier alpha value is -0.0800. The van der Waals surface area contributed by atoms with E-state index >= 15 is 0 Å². The minimum atomic E-state index is 0.167. The lowest BCUT2D eigenvalue weighted by molar-refractivity contribution is -0.899. The highest BCUT2D eigenvalue weighted by Crippen LogP contribution is 2.33. The third-order valence-electron chi connectivity index (χ3n) is 3.06. The van der Waals surface area contributed by atoms with Crippen LogP contribution in [0, 0.1) is 5.21 Å². The van der Waals surface area contributed by atoms with Crippen LogP contribution in [0.1, 0.15) is 32.1 Å². The number of quaternary nitrogens is 1. The maximum absolute atomic E-state index is 11.8. The molecule has 1 aliphatic heterocycles. The van der Waals surface area contributed by atoms with Crippen LogP contribution in [0.15, 0.2) is 0 Å². The topological polar surface area (TPSA) is 23.1 Å². The van der Waals surface area contributed by atoms with Gasteiger partial charge in [0.15, 0.2) is 0 Å². The molecule has 0 spiro atoms. The zero-order chi connectivity index (χ0) is 7.03. The first-order valence-electron chi connectivity index (χ1n) is 4.39. The fourth-order valence-electron chi connectivity index (χ4n) is 2.09. The maximum Gasteiger partial charge on any atom is 0.0887 e. The van der Waals surface area contributed by atoms with E-state index < -0.39 is 0 Å². The van der Waals surface area contributed by atoms with Gasteiger partial charge in [0.05, 0.1) is 19.1 Å². The van der Waals surface area contributed by atoms with Crippen LogP contribution in [0.25, 0.3) is 0 Å². The van der Waals surface area contributed by atoms with Gasteiger partial charge in [-0.2, -0.15) is 0 Å². The van der Waals surface area contributed by atoms with E-state index in [-0.39, 0.29) is 4.65 Å². The molecule has 58 valence electrons. The van der Waals surface area contributed by atoms with Gasteiger partial charge in [-0.15, -0.1) is 0 Å². The third kappa shape index (κ3) is 0.867. The van der Waals surface area contributed by atoms with E-state index in [0.29, 0.717) is 6.04 Å². The molecule has 0 N–H and O–H groups in total. The van der Waals surface area contributed by atoms with Crippen molar-refractivity contribution in [2.75, 3.05) is 13.1 Å². The highest BCUT2D eigenvalue weighted by Gasteiger charge is 2.36. The molecular formula is C8H15NO. The van der Waals surface area contributed by atoms with Gasteiger partial charge in [-0.1, -0.05) is 0 Å². The molecule has 2 aliphatic rings. The van der Waals surface area contributed by atoms with Gasteiger partial charge >= 0.3 is 0 Å². The SMILES string of the molecule is [O-][N+]1(C2CCC2)CCCC1. The molecule has 2 nitrogen and oxygen atoms in total. The molecule has 2 rings (SSSR count). The fraction of sp³-hybridized carbons (Fsp3) is 1.00. The molecule has 1 aliphatic carbocycles. The van der Waals surface area contributed by atoms with E-state index in [4.69, 9.17) is 0 Å². The summed E-state index contributed by atoms with van der Waals surface area (Å²) in [6, 6.07) is 0.502. The first-order chi connectivity index (χ1) is 4.81. The van der Waals surface area contributed by atoms with Crippen molar-refractivity contribution in [3.8, 4) is 0 Å². The minimum absolute atomic E-state index is 0.167. The summed E-state index contributed by atoms with van der Waals surface area (Å²) in [7, 11) is 0. The molecule has 0 aromatic rings. The van der Waals surface area contributed by atoms with Gasteiger partial charge in [0.25, 0.3) is 0 Å². The lowest BCUT2D eigenvalue weighted by Crippen LogP contribution is -2.51. The average Bonchev–Trinajstić information content (AvgIpc) is 2.09. The van der Waals surface area contributed by atoms with E-state index in [9.17, 15) is 5.21 Å². The van der Waals surface area contributed by atoms with Crippen molar-refractivity contribution >= 4 is 0 Å². The lowest BCUT2D eigenvalue weighted by atomic mass is 9.91. The molecule has 0 radical (unpaired) electrons. The summed E-state index contributed by atoms with van der Waals surface area (Å²) in [6.45, 7) is 1.81. The second-order valence-electron chi connectivity index (χ2n) is 3.69. The summed E-state index contributed by atoms with van der Waals surface area (Å²) in [5.41, 5.74) is 0. The Labute approximate surface area is 62.0 Å². The molecule has 10 heavy (non-hydrogen) atoms. The van der Waals surface area contributed by atoms with E-state index in [2.05, 4.69) is 0 Å². The predicted molar refractivity (Wildman–Crippen MR) is 40.2 cm³/mol. The van der Waals surface area contributed by atoms with Crippen molar-refractivity contribution in [2.45, 2.75) is 38.1 Å². The van der Waals surface area contributed by atoms with Crippen molar-refractivity contribution in [2.24, 2.45) is 0 Å². The molecule has 0 aromatic heterocycles. The Morgan fingerprint density at radius 1 is 1.00 bits per heavy atom. The summed E-state index contributed by atoms with van der Waals surface area (Å²) in [4.78, 5) is 0. The van der Waals surface area contributed by atoms with Crippen molar-refractivity contribution in [3.63, 3.8) is 0 Å². The van der Waals surface area contributed by atoms with Crippen LogP contribution in [-0.4, -0.2) is 23.8 Å². The van der Waals surface area contributed by atoms with E-state index in [1.54, 1.807) is 0 Å². The summed E-state index contributed by atoms with van der Waals surface area (Å²) in [5, 5.41) is 11.8. The molecular weight excluding hydrogens is 126 g/mol. The first kappa shape index (κ1) is 6.62. The maximum atomic E-state index is 11.8. The number of rotatable bonds is 1. The fourth-order valence-corrected chi connectivity index (χ4v) is 2.09. The zero-order valence-corrected chi connectivity index (χ0v) is 6.38. The zero-order valence-electron chi connectivity index (χ0n) is 6.38. The molecule has 1 saturated heterocycles. The highest BCUT2D eigenvalue weighted by atomic mass is 16.5. The highest BCUT2D eigenvalue weighted by molar-refractivity contribution is 4.74. The Balaban J connectivity index is 1.98. The van der Waals surface area contributed by atoms with E-state index in [1.807, 2.05) is 0 Å². The van der Waals surface area contributed by atoms with Crippen molar-refractivity contribution < 1.29 is 4.65 Å². The van der Waals surface area contributed by atoms with Gasteiger partial charge in [0.1, 0.15) is 0 Å². The molecule has 2 fully saturated rings. The molecule has 1 heterocycles. The summed E-state index contributed by atoms with van der Waals surface area (Å²) in [5.74, 6) is 0. The standard InChI is InChI=1S/C8H15NO/c10-9(6-1-2-7-9)8-4-3-5-8/h8H,1-7H2. The Morgan fingerprint density at radius 2 is 1.60 bits per heavy atom. The second-order valence-corrected chi connectivity index (χ2v) is 3.69. The van der Waals surface area contributed by atoms with Crippen LogP contribution in [0.3, 0.4) is 0 Å². The molecule has 0 unspecified atom stereocenters. The number of hydroxylamine groups is 3. The van der Waals surface area contributed by atoms with Crippen molar-refractivity contribution in [1.82, 2.24) is 0 Å². The third-order valence-corrected chi connectivity index (χ3v) is 3.06. The second kappa shape index (κ2) is 2.21. The molecule has 2 heteroatoms. The summed E-state index contributed by atoms with van der Waals surface area (Å²) >= 11 is 0. The minimum Gasteiger partial charge on any atom is -0.633 e. The number of likely N-dealkylation sites (tertiary alicyclic amines) is 1. The van der Waals surface area contributed by atoms with Crippen LogP contribution in [0.5, 0.6) is 0 Å². The Bertz CT molecular complexity index is 125. The molecule has 0 aromatic carbocycles. The largest absolute Gasteiger partial charge is 0.633 e. The van der Waals surface area contributed by atoms with Crippen molar-refractivity contribution in [1.29, 1.82) is 0 Å². The van der Waals surface area contributed by atoms with Crippen LogP contribution >= 0.6 is 0 Å². The number of hydrogen-bond acceptors (Lipinski definition) is 1. The van der Waals surface area contributed by atoms with Crippen LogP contribution in [0.4, 0.5) is 0 Å². The lowest BCUT2D eigenvalue weighted by Gasteiger charge is -2.49. The Morgan fingerprint density at radius 3 is 2.00 bits per heavy atom. The van der Waals surface area contributed by atoms with Gasteiger partial charge in [-0.05, 0) is 19.3 Å². The van der Waals surface area contributed by atoms with Crippen molar-refractivity contribution in [3.05, 3.63) is 5.21 Å². The smallest absolute Gasteiger partial charge is 0.0887 e. The van der Waals surface area contributed by atoms with Gasteiger partial charge in [-0.25, -0.2) is 0 Å². The predicted octanol–water partition coefficient (Wildman–Crippen LogP) is 1.65. The van der Waals surface area contributed by atoms with Gasteiger partial charge in [-0.3, -0.25) is 0 Å². The van der Waals surface area contributed by atoms with Gasteiger partial charge < -0.3 is 9.85 Å². The normalized spacial score (nSPS) is 32.1. The monoisotopic (exact) mass is 141 g/mol. The molecule has 0 amide bonds. The van der Waals surface area contributed by atoms with E-state index in [0.717, 1.165) is 13.1 Å². The molecule has 1 saturated carbocycles.